The molecule has 0 radical (unpaired) electrons. The molecule has 18 nitrogen and oxygen atoms in total. The first-order valence-corrected chi connectivity index (χ1v) is 19.1. The molecule has 2 aliphatic rings. The molecule has 2 aromatic heterocycles. The molecule has 6 rings (SSSR count). The number of nitrogens with one attached hydrogen (secondary N) is 2. The molecule has 2 aromatic carbocycles. The minimum Gasteiger partial charge on any atom is -0.462 e. The minimum absolute atomic E-state index is 0.118. The molecule has 0 unspecified atom stereocenters. The third kappa shape index (κ3) is 8.96. The van der Waals surface area contributed by atoms with Gasteiger partial charge in [0.15, 0.2) is 0 Å². The van der Waals surface area contributed by atoms with Crippen molar-refractivity contribution in [3.63, 3.8) is 0 Å². The first-order valence-electron chi connectivity index (χ1n) is 19.1. The highest BCUT2D eigenvalue weighted by Gasteiger charge is 2.51. The van der Waals surface area contributed by atoms with E-state index in [1.807, 2.05) is 0 Å². The van der Waals surface area contributed by atoms with Gasteiger partial charge in [-0.3, -0.25) is 9.59 Å². The molecule has 60 heavy (non-hydrogen) atoms. The van der Waals surface area contributed by atoms with Gasteiger partial charge in [0.25, 0.3) is 0 Å². The van der Waals surface area contributed by atoms with Crippen LogP contribution in [-0.2, 0) is 28.5 Å². The normalized spacial score (nSPS) is 26.3. The summed E-state index contributed by atoms with van der Waals surface area (Å²) in [6.07, 6.45) is -7.10. The summed E-state index contributed by atoms with van der Waals surface area (Å²) in [4.78, 5) is 51.2. The van der Waals surface area contributed by atoms with Gasteiger partial charge in [0.05, 0.1) is 11.2 Å². The Morgan fingerprint density at radius 3 is 1.37 bits per heavy atom. The molecule has 0 spiro atoms. The van der Waals surface area contributed by atoms with Crippen molar-refractivity contribution < 1.29 is 67.3 Å². The molecule has 0 aliphatic carbocycles. The van der Waals surface area contributed by atoms with Crippen molar-refractivity contribution in [3.8, 4) is 11.5 Å². The van der Waals surface area contributed by atoms with E-state index in [0.29, 0.717) is 21.9 Å². The highest BCUT2D eigenvalue weighted by Crippen LogP contribution is 2.37. The van der Waals surface area contributed by atoms with Crippen LogP contribution in [0, 0.1) is 13.8 Å². The Bertz CT molecular complexity index is 2240. The van der Waals surface area contributed by atoms with E-state index in [2.05, 4.69) is 10.6 Å². The van der Waals surface area contributed by atoms with Crippen LogP contribution in [0.25, 0.3) is 21.9 Å². The number of carbonyl (C=O) groups excluding carboxylic acids is 2. The van der Waals surface area contributed by atoms with Gasteiger partial charge in [0.1, 0.15) is 70.7 Å². The second kappa shape index (κ2) is 17.4. The van der Waals surface area contributed by atoms with Gasteiger partial charge in [-0.1, -0.05) is 12.2 Å². The number of rotatable bonds is 12. The van der Waals surface area contributed by atoms with Crippen LogP contribution in [0.15, 0.2) is 67.0 Å². The molecule has 2 aliphatic heterocycles. The van der Waals surface area contributed by atoms with Gasteiger partial charge in [-0.2, -0.15) is 0 Å². The van der Waals surface area contributed by atoms with E-state index < -0.39 is 83.5 Å². The van der Waals surface area contributed by atoms with E-state index in [0.717, 1.165) is 0 Å². The van der Waals surface area contributed by atoms with Crippen molar-refractivity contribution >= 4 is 45.1 Å². The number of carbonyl (C=O) groups is 2. The summed E-state index contributed by atoms with van der Waals surface area (Å²) in [7, 11) is 2.81. The van der Waals surface area contributed by atoms with Crippen LogP contribution in [0.3, 0.4) is 0 Å². The Kier molecular flexibility index (Phi) is 12.9. The fourth-order valence-electron chi connectivity index (χ4n) is 7.48. The standard InChI is InChI=1S/C42H50N2O16/c1-19-25(55-39-31(49)29(47)35(53-7)41(3,4)59-39)15-13-21-17-23(37(51)57-33(19)21)43-27(45)11-9-10-12-28(46)44-24-18-22-14-16-26(20(2)34(22)58-38(24)52)56-40-32(50)30(48)36(54-8)42(5,6)60-40/h9-10,13-18,29-32,35-36,39-40,47-50H,11-12H2,1-8H3,(H,43,45)(H,44,46)/b10-9+/t29-,30-,31+,32+,35+,36+,39+,40+/m1/s1. The van der Waals surface area contributed by atoms with E-state index in [9.17, 15) is 39.6 Å². The van der Waals surface area contributed by atoms with Crippen molar-refractivity contribution in [2.75, 3.05) is 24.9 Å². The molecular weight excluding hydrogens is 788 g/mol. The van der Waals surface area contributed by atoms with E-state index in [-0.39, 0.29) is 46.9 Å². The molecule has 18 heteroatoms. The first kappa shape index (κ1) is 44.4. The molecule has 0 bridgehead atoms. The highest BCUT2D eigenvalue weighted by molar-refractivity contribution is 5.95. The second-order valence-corrected chi connectivity index (χ2v) is 15.8. The van der Waals surface area contributed by atoms with Crippen molar-refractivity contribution in [1.82, 2.24) is 0 Å². The third-order valence-corrected chi connectivity index (χ3v) is 10.6. The topological polar surface area (TPSA) is 255 Å². The summed E-state index contributed by atoms with van der Waals surface area (Å²) in [5.74, 6) is -0.660. The number of aliphatic hydroxyl groups is 4. The number of aliphatic hydroxyl groups excluding tert-OH is 4. The highest BCUT2D eigenvalue weighted by atomic mass is 16.7. The summed E-state index contributed by atoms with van der Waals surface area (Å²) in [6.45, 7) is 10.1. The zero-order chi connectivity index (χ0) is 43.8. The number of fused-ring (bicyclic) bond motifs is 2. The average Bonchev–Trinajstić information content (AvgIpc) is 3.18. The van der Waals surface area contributed by atoms with Crippen molar-refractivity contribution in [2.24, 2.45) is 0 Å². The number of anilines is 2. The first-order chi connectivity index (χ1) is 28.3. The van der Waals surface area contributed by atoms with Crippen molar-refractivity contribution in [1.29, 1.82) is 0 Å². The van der Waals surface area contributed by atoms with Crippen LogP contribution >= 0.6 is 0 Å². The zero-order valence-corrected chi connectivity index (χ0v) is 34.3. The quantitative estimate of drug-likeness (QED) is 0.0886. The maximum absolute atomic E-state index is 12.9. The largest absolute Gasteiger partial charge is 0.462 e. The Morgan fingerprint density at radius 2 is 1.02 bits per heavy atom. The number of amides is 2. The Hall–Kier alpha value is -5.18. The van der Waals surface area contributed by atoms with Gasteiger partial charge in [0, 0.05) is 49.0 Å². The number of benzene rings is 2. The molecule has 2 amide bonds. The van der Waals surface area contributed by atoms with Crippen molar-refractivity contribution in [2.45, 2.75) is 115 Å². The van der Waals surface area contributed by atoms with Crippen LogP contribution in [-0.4, -0.2) is 107 Å². The van der Waals surface area contributed by atoms with E-state index in [4.69, 9.17) is 37.3 Å². The Labute approximate surface area is 343 Å². The number of hydrogen-bond acceptors (Lipinski definition) is 16. The number of methoxy groups -OCH3 is 2. The Balaban J connectivity index is 1.03. The van der Waals surface area contributed by atoms with Crippen LogP contribution in [0.1, 0.15) is 51.7 Å². The predicted molar refractivity (Wildman–Crippen MR) is 215 cm³/mol. The van der Waals surface area contributed by atoms with E-state index >= 15 is 0 Å². The predicted octanol–water partition coefficient (Wildman–Crippen LogP) is 2.93. The molecule has 4 aromatic rings. The SMILES string of the molecule is CO[C@H]1[C@H](O)[C@H](O)[C@@H](Oc2ccc3cc(NC(=O)C/C=C/CC(=O)Nc4cc5ccc(O[C@H]6OC(C)(C)[C@@H](OC)[C@H](O)[C@@H]6O)c(C)c5oc4=O)c(=O)oc3c2C)OC1(C)C. The summed E-state index contributed by atoms with van der Waals surface area (Å²) >= 11 is 0. The van der Waals surface area contributed by atoms with Gasteiger partial charge in [-0.05, 0) is 77.9 Å². The molecule has 2 saturated heterocycles. The molecular formula is C42H50N2O16. The van der Waals surface area contributed by atoms with Crippen LogP contribution in [0.5, 0.6) is 11.5 Å². The lowest BCUT2D eigenvalue weighted by molar-refractivity contribution is -0.306. The van der Waals surface area contributed by atoms with Gasteiger partial charge in [0.2, 0.25) is 24.4 Å². The number of hydrogen-bond donors (Lipinski definition) is 6. The average molecular weight is 839 g/mol. The maximum Gasteiger partial charge on any atom is 0.360 e. The summed E-state index contributed by atoms with van der Waals surface area (Å²) in [5.41, 5.74) is -2.71. The lowest BCUT2D eigenvalue weighted by Gasteiger charge is -2.46. The molecule has 2 fully saturated rings. The Morgan fingerprint density at radius 1 is 0.650 bits per heavy atom. The fourth-order valence-corrected chi connectivity index (χ4v) is 7.48. The molecule has 0 saturated carbocycles. The van der Waals surface area contributed by atoms with Crippen LogP contribution < -0.4 is 31.4 Å². The maximum atomic E-state index is 12.9. The van der Waals surface area contributed by atoms with Gasteiger partial charge < -0.3 is 68.3 Å². The second-order valence-electron chi connectivity index (χ2n) is 15.8. The summed E-state index contributed by atoms with van der Waals surface area (Å²) in [5, 5.41) is 48.4. The minimum atomic E-state index is -1.43. The van der Waals surface area contributed by atoms with Crippen LogP contribution in [0.2, 0.25) is 0 Å². The van der Waals surface area contributed by atoms with Gasteiger partial charge in [-0.15, -0.1) is 0 Å². The van der Waals surface area contributed by atoms with Crippen LogP contribution in [0.4, 0.5) is 11.4 Å². The van der Waals surface area contributed by atoms with Gasteiger partial charge >= 0.3 is 11.3 Å². The van der Waals surface area contributed by atoms with Gasteiger partial charge in [-0.25, -0.2) is 9.59 Å². The van der Waals surface area contributed by atoms with E-state index in [1.165, 1.54) is 38.5 Å². The zero-order valence-electron chi connectivity index (χ0n) is 34.3. The molecule has 324 valence electrons. The summed E-state index contributed by atoms with van der Waals surface area (Å²) < 4.78 is 45.3. The third-order valence-electron chi connectivity index (χ3n) is 10.6. The fraction of sp³-hybridized carbons (Fsp3) is 0.476. The number of aryl methyl sites for hydroxylation is 2. The molecule has 6 N–H and O–H groups in total. The molecule has 4 heterocycles. The lowest BCUT2D eigenvalue weighted by atomic mass is 9.89. The summed E-state index contributed by atoms with van der Waals surface area (Å²) in [6, 6.07) is 9.23. The monoisotopic (exact) mass is 838 g/mol. The number of ether oxygens (including phenoxy) is 6. The lowest BCUT2D eigenvalue weighted by Crippen LogP contribution is -2.63. The smallest absolute Gasteiger partial charge is 0.360 e. The van der Waals surface area contributed by atoms with Crippen molar-refractivity contribution in [3.05, 3.63) is 80.5 Å². The van der Waals surface area contributed by atoms with E-state index in [1.54, 1.807) is 65.8 Å². The molecule has 8 atom stereocenters.